The maximum atomic E-state index is 13.0. The molecule has 0 saturated heterocycles. The molecule has 0 aliphatic heterocycles. The summed E-state index contributed by atoms with van der Waals surface area (Å²) in [5.74, 6) is 0.128. The van der Waals surface area contributed by atoms with Crippen LogP contribution in [0.25, 0.3) is 5.65 Å². The number of pyridine rings is 1. The van der Waals surface area contributed by atoms with Gasteiger partial charge in [-0.15, -0.1) is 16.4 Å². The molecule has 0 spiro atoms. The summed E-state index contributed by atoms with van der Waals surface area (Å²) in [6.07, 6.45) is 1.29. The summed E-state index contributed by atoms with van der Waals surface area (Å²) in [5, 5.41) is 10.2. The van der Waals surface area contributed by atoms with Crippen LogP contribution in [-0.4, -0.2) is 19.6 Å². The lowest BCUT2D eigenvalue weighted by atomic mass is 10.5. The van der Waals surface area contributed by atoms with Crippen LogP contribution < -0.4 is 5.32 Å². The van der Waals surface area contributed by atoms with Crippen LogP contribution in [0.15, 0.2) is 23.7 Å². The Bertz CT molecular complexity index is 690. The number of rotatable bonds is 3. The summed E-state index contributed by atoms with van der Waals surface area (Å²) in [5.41, 5.74) is 1.61. The zero-order chi connectivity index (χ0) is 12.5. The van der Waals surface area contributed by atoms with Gasteiger partial charge in [-0.2, -0.15) is 4.98 Å². The molecule has 5 nitrogen and oxygen atoms in total. The van der Waals surface area contributed by atoms with E-state index in [1.807, 2.05) is 12.3 Å². The van der Waals surface area contributed by atoms with E-state index in [1.165, 1.54) is 16.8 Å². The van der Waals surface area contributed by atoms with E-state index in [4.69, 9.17) is 0 Å². The van der Waals surface area contributed by atoms with Crippen LogP contribution in [0.5, 0.6) is 0 Å². The number of nitrogens with one attached hydrogen (secondary N) is 1. The molecule has 0 aromatic carbocycles. The smallest absolute Gasteiger partial charge is 0.243 e. The molecule has 0 saturated carbocycles. The molecule has 0 fully saturated rings. The standard InChI is InChI=1S/C11H10FN5S/c1-7-6-18-10(14-7)4-13-11-15-9-3-2-8(12)5-17(9)16-11/h2-3,5-6H,4H2,1H3,(H,13,16). The van der Waals surface area contributed by atoms with Gasteiger partial charge in [0.1, 0.15) is 10.8 Å². The first-order chi connectivity index (χ1) is 8.70. The van der Waals surface area contributed by atoms with E-state index in [-0.39, 0.29) is 5.82 Å². The van der Waals surface area contributed by atoms with E-state index < -0.39 is 0 Å². The maximum Gasteiger partial charge on any atom is 0.243 e. The van der Waals surface area contributed by atoms with Crippen molar-refractivity contribution in [2.45, 2.75) is 13.5 Å². The third kappa shape index (κ3) is 2.17. The van der Waals surface area contributed by atoms with E-state index >= 15 is 0 Å². The van der Waals surface area contributed by atoms with Crippen LogP contribution in [-0.2, 0) is 6.54 Å². The second-order valence-corrected chi connectivity index (χ2v) is 4.76. The van der Waals surface area contributed by atoms with Crippen LogP contribution in [0.1, 0.15) is 10.7 Å². The Morgan fingerprint density at radius 1 is 1.39 bits per heavy atom. The van der Waals surface area contributed by atoms with Crippen molar-refractivity contribution >= 4 is 22.9 Å². The number of halogens is 1. The average Bonchev–Trinajstić information content (AvgIpc) is 2.92. The molecule has 0 amide bonds. The van der Waals surface area contributed by atoms with E-state index in [1.54, 1.807) is 17.4 Å². The van der Waals surface area contributed by atoms with Crippen molar-refractivity contribution in [3.05, 3.63) is 40.2 Å². The zero-order valence-electron chi connectivity index (χ0n) is 9.59. The van der Waals surface area contributed by atoms with Gasteiger partial charge in [-0.3, -0.25) is 0 Å². The lowest BCUT2D eigenvalue weighted by molar-refractivity contribution is 0.615. The highest BCUT2D eigenvalue weighted by atomic mass is 32.1. The van der Waals surface area contributed by atoms with Crippen LogP contribution in [0.2, 0.25) is 0 Å². The Balaban J connectivity index is 1.78. The molecule has 0 aliphatic carbocycles. The van der Waals surface area contributed by atoms with Gasteiger partial charge in [-0.25, -0.2) is 13.9 Å². The molecule has 0 unspecified atom stereocenters. The first kappa shape index (κ1) is 11.1. The Morgan fingerprint density at radius 2 is 2.28 bits per heavy atom. The molecule has 0 atom stereocenters. The van der Waals surface area contributed by atoms with Gasteiger partial charge >= 0.3 is 0 Å². The molecule has 3 heterocycles. The normalized spacial score (nSPS) is 11.0. The number of nitrogens with zero attached hydrogens (tertiary/aromatic N) is 4. The summed E-state index contributed by atoms with van der Waals surface area (Å²) < 4.78 is 14.4. The number of aromatic nitrogens is 4. The molecule has 3 aromatic heterocycles. The lowest BCUT2D eigenvalue weighted by Crippen LogP contribution is -2.00. The van der Waals surface area contributed by atoms with Crippen molar-refractivity contribution in [1.29, 1.82) is 0 Å². The van der Waals surface area contributed by atoms with E-state index in [0.717, 1.165) is 10.7 Å². The number of anilines is 1. The van der Waals surface area contributed by atoms with Crippen LogP contribution in [0.4, 0.5) is 10.3 Å². The van der Waals surface area contributed by atoms with Crippen LogP contribution in [0, 0.1) is 12.7 Å². The van der Waals surface area contributed by atoms with Gasteiger partial charge < -0.3 is 5.32 Å². The Labute approximate surface area is 106 Å². The fourth-order valence-electron chi connectivity index (χ4n) is 1.57. The Hall–Kier alpha value is -2.02. The Morgan fingerprint density at radius 3 is 3.06 bits per heavy atom. The van der Waals surface area contributed by atoms with Crippen LogP contribution in [0.3, 0.4) is 0 Å². The van der Waals surface area contributed by atoms with Gasteiger partial charge in [-0.1, -0.05) is 0 Å². The quantitative estimate of drug-likeness (QED) is 0.787. The monoisotopic (exact) mass is 263 g/mol. The largest absolute Gasteiger partial charge is 0.346 e. The van der Waals surface area contributed by atoms with Gasteiger partial charge in [0.2, 0.25) is 5.95 Å². The molecule has 92 valence electrons. The summed E-state index contributed by atoms with van der Waals surface area (Å²) in [6.45, 7) is 2.52. The average molecular weight is 263 g/mol. The van der Waals surface area contributed by atoms with E-state index in [9.17, 15) is 4.39 Å². The molecular weight excluding hydrogens is 253 g/mol. The lowest BCUT2D eigenvalue weighted by Gasteiger charge is -1.96. The number of thiazole rings is 1. The molecule has 0 aliphatic rings. The van der Waals surface area contributed by atoms with Crippen molar-refractivity contribution in [3.8, 4) is 0 Å². The predicted molar refractivity (Wildman–Crippen MR) is 67.1 cm³/mol. The van der Waals surface area contributed by atoms with Gasteiger partial charge in [0, 0.05) is 11.1 Å². The highest BCUT2D eigenvalue weighted by Crippen LogP contribution is 2.11. The minimum atomic E-state index is -0.338. The fourth-order valence-corrected chi connectivity index (χ4v) is 2.28. The van der Waals surface area contributed by atoms with Crippen LogP contribution >= 0.6 is 11.3 Å². The second kappa shape index (κ2) is 4.34. The zero-order valence-corrected chi connectivity index (χ0v) is 10.4. The van der Waals surface area contributed by atoms with Crippen molar-refractivity contribution in [3.63, 3.8) is 0 Å². The van der Waals surface area contributed by atoms with E-state index in [0.29, 0.717) is 18.1 Å². The van der Waals surface area contributed by atoms with Gasteiger partial charge in [0.05, 0.1) is 12.7 Å². The molecule has 1 N–H and O–H groups in total. The highest BCUT2D eigenvalue weighted by Gasteiger charge is 2.05. The molecule has 18 heavy (non-hydrogen) atoms. The first-order valence-electron chi connectivity index (χ1n) is 5.37. The molecule has 0 radical (unpaired) electrons. The van der Waals surface area contributed by atoms with Crippen molar-refractivity contribution in [2.75, 3.05) is 5.32 Å². The summed E-state index contributed by atoms with van der Waals surface area (Å²) >= 11 is 1.58. The fraction of sp³-hybridized carbons (Fsp3) is 0.182. The highest BCUT2D eigenvalue weighted by molar-refractivity contribution is 7.09. The van der Waals surface area contributed by atoms with Gasteiger partial charge in [0.15, 0.2) is 5.65 Å². The number of fused-ring (bicyclic) bond motifs is 1. The van der Waals surface area contributed by atoms with Crippen molar-refractivity contribution < 1.29 is 4.39 Å². The van der Waals surface area contributed by atoms with Crippen molar-refractivity contribution in [2.24, 2.45) is 0 Å². The number of aryl methyl sites for hydroxylation is 1. The second-order valence-electron chi connectivity index (χ2n) is 3.82. The summed E-state index contributed by atoms with van der Waals surface area (Å²) in [7, 11) is 0. The minimum absolute atomic E-state index is 0.338. The van der Waals surface area contributed by atoms with Crippen molar-refractivity contribution in [1.82, 2.24) is 19.6 Å². The first-order valence-corrected chi connectivity index (χ1v) is 6.25. The van der Waals surface area contributed by atoms with Gasteiger partial charge in [0.25, 0.3) is 0 Å². The molecule has 3 rings (SSSR count). The number of hydrogen-bond acceptors (Lipinski definition) is 5. The molecule has 3 aromatic rings. The minimum Gasteiger partial charge on any atom is -0.346 e. The van der Waals surface area contributed by atoms with E-state index in [2.05, 4.69) is 20.4 Å². The SMILES string of the molecule is Cc1csc(CNc2nc3ccc(F)cn3n2)n1. The molecule has 7 heteroatoms. The molecular formula is C11H10FN5S. The predicted octanol–water partition coefficient (Wildman–Crippen LogP) is 2.25. The third-order valence-corrected chi connectivity index (χ3v) is 3.33. The number of hydrogen-bond donors (Lipinski definition) is 1. The summed E-state index contributed by atoms with van der Waals surface area (Å²) in [6, 6.07) is 2.94. The topological polar surface area (TPSA) is 55.1 Å². The van der Waals surface area contributed by atoms with Gasteiger partial charge in [-0.05, 0) is 19.1 Å². The maximum absolute atomic E-state index is 13.0. The Kier molecular flexibility index (Phi) is 2.67. The molecule has 0 bridgehead atoms. The summed E-state index contributed by atoms with van der Waals surface area (Å²) in [4.78, 5) is 8.55. The third-order valence-electron chi connectivity index (χ3n) is 2.36.